The number of carbonyl (C=O) groups is 1. The molecule has 100 valence electrons. The molecule has 0 saturated heterocycles. The van der Waals surface area contributed by atoms with Crippen LogP contribution in [0.25, 0.3) is 0 Å². The van der Waals surface area contributed by atoms with Gasteiger partial charge in [-0.1, -0.05) is 32.4 Å². The molecule has 0 spiro atoms. The fourth-order valence-electron chi connectivity index (χ4n) is 1.90. The van der Waals surface area contributed by atoms with Gasteiger partial charge in [-0.2, -0.15) is 0 Å². The summed E-state index contributed by atoms with van der Waals surface area (Å²) in [6, 6.07) is 5.93. The highest BCUT2D eigenvalue weighted by Crippen LogP contribution is 2.30. The zero-order valence-electron chi connectivity index (χ0n) is 11.6. The number of hydrogen-bond donors (Lipinski definition) is 1. The summed E-state index contributed by atoms with van der Waals surface area (Å²) in [5.41, 5.74) is 1.95. The molecule has 1 aromatic rings. The zero-order valence-corrected chi connectivity index (χ0v) is 11.6. The maximum atomic E-state index is 11.7. The SMILES string of the molecule is CCCC(=O)Nc1cccc(CCC)c1OCC. The molecule has 1 N–H and O–H groups in total. The number of aryl methyl sites for hydroxylation is 1. The van der Waals surface area contributed by atoms with Gasteiger partial charge in [0.1, 0.15) is 5.75 Å². The number of hydrogen-bond acceptors (Lipinski definition) is 2. The van der Waals surface area contributed by atoms with E-state index in [1.54, 1.807) is 0 Å². The number of rotatable bonds is 7. The van der Waals surface area contributed by atoms with Crippen molar-refractivity contribution in [2.24, 2.45) is 0 Å². The third kappa shape index (κ3) is 4.06. The van der Waals surface area contributed by atoms with Crippen molar-refractivity contribution in [3.05, 3.63) is 23.8 Å². The topological polar surface area (TPSA) is 38.3 Å². The first-order chi connectivity index (χ1) is 8.72. The predicted octanol–water partition coefficient (Wildman–Crippen LogP) is 3.78. The first-order valence-electron chi connectivity index (χ1n) is 6.77. The summed E-state index contributed by atoms with van der Waals surface area (Å²) in [7, 11) is 0. The average Bonchev–Trinajstić information content (AvgIpc) is 2.34. The summed E-state index contributed by atoms with van der Waals surface area (Å²) in [6.07, 6.45) is 3.42. The van der Waals surface area contributed by atoms with E-state index in [0.29, 0.717) is 13.0 Å². The Morgan fingerprint density at radius 1 is 1.22 bits per heavy atom. The average molecular weight is 249 g/mol. The van der Waals surface area contributed by atoms with Gasteiger partial charge in [0, 0.05) is 6.42 Å². The number of anilines is 1. The van der Waals surface area contributed by atoms with Gasteiger partial charge < -0.3 is 10.1 Å². The van der Waals surface area contributed by atoms with Gasteiger partial charge in [0.05, 0.1) is 12.3 Å². The minimum atomic E-state index is 0.0482. The lowest BCUT2D eigenvalue weighted by molar-refractivity contribution is -0.116. The largest absolute Gasteiger partial charge is 0.491 e. The molecule has 0 aliphatic rings. The van der Waals surface area contributed by atoms with Crippen molar-refractivity contribution >= 4 is 11.6 Å². The Kier molecular flexibility index (Phi) is 6.26. The highest BCUT2D eigenvalue weighted by molar-refractivity contribution is 5.92. The normalized spacial score (nSPS) is 10.2. The van der Waals surface area contributed by atoms with Crippen LogP contribution in [-0.2, 0) is 11.2 Å². The Bertz CT molecular complexity index is 388. The monoisotopic (exact) mass is 249 g/mol. The standard InChI is InChI=1S/C15H23NO2/c1-4-8-12-10-7-11-13(15(12)18-6-3)16-14(17)9-5-2/h7,10-11H,4-6,8-9H2,1-3H3,(H,16,17). The molecular weight excluding hydrogens is 226 g/mol. The van der Waals surface area contributed by atoms with Crippen molar-refractivity contribution in [3.8, 4) is 5.75 Å². The summed E-state index contributed by atoms with van der Waals surface area (Å²) >= 11 is 0. The van der Waals surface area contributed by atoms with E-state index in [9.17, 15) is 4.79 Å². The van der Waals surface area contributed by atoms with Crippen LogP contribution in [-0.4, -0.2) is 12.5 Å². The molecule has 0 bridgehead atoms. The maximum Gasteiger partial charge on any atom is 0.224 e. The van der Waals surface area contributed by atoms with Crippen molar-refractivity contribution in [3.63, 3.8) is 0 Å². The molecule has 18 heavy (non-hydrogen) atoms. The van der Waals surface area contributed by atoms with Crippen molar-refractivity contribution in [1.82, 2.24) is 0 Å². The second-order valence-electron chi connectivity index (χ2n) is 4.28. The van der Waals surface area contributed by atoms with Crippen LogP contribution in [0.5, 0.6) is 5.75 Å². The minimum absolute atomic E-state index is 0.0482. The van der Waals surface area contributed by atoms with E-state index in [1.807, 2.05) is 26.0 Å². The van der Waals surface area contributed by atoms with Crippen LogP contribution in [0.15, 0.2) is 18.2 Å². The number of para-hydroxylation sites is 1. The fourth-order valence-corrected chi connectivity index (χ4v) is 1.90. The fraction of sp³-hybridized carbons (Fsp3) is 0.533. The number of amides is 1. The van der Waals surface area contributed by atoms with Crippen LogP contribution in [0.2, 0.25) is 0 Å². The lowest BCUT2D eigenvalue weighted by Crippen LogP contribution is -2.12. The summed E-state index contributed by atoms with van der Waals surface area (Å²) < 4.78 is 5.68. The van der Waals surface area contributed by atoms with Crippen LogP contribution in [0.3, 0.4) is 0 Å². The summed E-state index contributed by atoms with van der Waals surface area (Å²) in [4.78, 5) is 11.7. The molecule has 3 heteroatoms. The van der Waals surface area contributed by atoms with Gasteiger partial charge in [0.15, 0.2) is 0 Å². The van der Waals surface area contributed by atoms with Crippen molar-refractivity contribution in [2.75, 3.05) is 11.9 Å². The van der Waals surface area contributed by atoms with Crippen molar-refractivity contribution in [1.29, 1.82) is 0 Å². The Labute approximate surface area is 110 Å². The second-order valence-corrected chi connectivity index (χ2v) is 4.28. The first kappa shape index (κ1) is 14.6. The molecule has 0 atom stereocenters. The van der Waals surface area contributed by atoms with Crippen LogP contribution >= 0.6 is 0 Å². The van der Waals surface area contributed by atoms with Crippen LogP contribution < -0.4 is 10.1 Å². The van der Waals surface area contributed by atoms with E-state index in [4.69, 9.17) is 4.74 Å². The highest BCUT2D eigenvalue weighted by atomic mass is 16.5. The molecule has 0 aliphatic carbocycles. The minimum Gasteiger partial charge on any atom is -0.491 e. The van der Waals surface area contributed by atoms with Gasteiger partial charge in [-0.3, -0.25) is 4.79 Å². The maximum absolute atomic E-state index is 11.7. The van der Waals surface area contributed by atoms with Gasteiger partial charge >= 0.3 is 0 Å². The molecule has 0 unspecified atom stereocenters. The third-order valence-electron chi connectivity index (χ3n) is 2.66. The van der Waals surface area contributed by atoms with Gasteiger partial charge in [-0.25, -0.2) is 0 Å². The van der Waals surface area contributed by atoms with E-state index in [2.05, 4.69) is 18.3 Å². The van der Waals surface area contributed by atoms with Crippen LogP contribution in [0, 0.1) is 0 Å². The predicted molar refractivity (Wildman–Crippen MR) is 75.1 cm³/mol. The van der Waals surface area contributed by atoms with Crippen molar-refractivity contribution in [2.45, 2.75) is 46.5 Å². The third-order valence-corrected chi connectivity index (χ3v) is 2.66. The molecule has 1 aromatic carbocycles. The first-order valence-corrected chi connectivity index (χ1v) is 6.77. The van der Waals surface area contributed by atoms with Gasteiger partial charge in [-0.15, -0.1) is 0 Å². The Balaban J connectivity index is 2.94. The molecule has 0 fully saturated rings. The second kappa shape index (κ2) is 7.75. The van der Waals surface area contributed by atoms with Gasteiger partial charge in [0.2, 0.25) is 5.91 Å². The Morgan fingerprint density at radius 3 is 2.61 bits per heavy atom. The molecule has 3 nitrogen and oxygen atoms in total. The number of carbonyl (C=O) groups excluding carboxylic acids is 1. The Morgan fingerprint density at radius 2 is 2.00 bits per heavy atom. The molecule has 1 amide bonds. The van der Waals surface area contributed by atoms with Gasteiger partial charge in [-0.05, 0) is 31.4 Å². The molecule has 1 rings (SSSR count). The van der Waals surface area contributed by atoms with E-state index in [-0.39, 0.29) is 5.91 Å². The van der Waals surface area contributed by atoms with Crippen LogP contribution in [0.1, 0.15) is 45.6 Å². The summed E-state index contributed by atoms with van der Waals surface area (Å²) in [5, 5.41) is 2.93. The number of benzene rings is 1. The molecule has 0 aliphatic heterocycles. The summed E-state index contributed by atoms with van der Waals surface area (Å²) in [5.74, 6) is 0.874. The zero-order chi connectivity index (χ0) is 13.4. The molecule has 0 heterocycles. The molecule has 0 aromatic heterocycles. The van der Waals surface area contributed by atoms with E-state index < -0.39 is 0 Å². The Hall–Kier alpha value is -1.51. The van der Waals surface area contributed by atoms with E-state index in [1.165, 1.54) is 0 Å². The quantitative estimate of drug-likeness (QED) is 0.798. The smallest absolute Gasteiger partial charge is 0.224 e. The molecular formula is C15H23NO2. The highest BCUT2D eigenvalue weighted by Gasteiger charge is 2.11. The van der Waals surface area contributed by atoms with Crippen molar-refractivity contribution < 1.29 is 9.53 Å². The molecule has 0 radical (unpaired) electrons. The number of nitrogens with one attached hydrogen (secondary N) is 1. The van der Waals surface area contributed by atoms with Crippen LogP contribution in [0.4, 0.5) is 5.69 Å². The molecule has 0 saturated carbocycles. The summed E-state index contributed by atoms with van der Waals surface area (Å²) in [6.45, 7) is 6.70. The van der Waals surface area contributed by atoms with Gasteiger partial charge in [0.25, 0.3) is 0 Å². The lowest BCUT2D eigenvalue weighted by atomic mass is 10.1. The lowest BCUT2D eigenvalue weighted by Gasteiger charge is -2.15. The van der Waals surface area contributed by atoms with E-state index in [0.717, 1.165) is 36.3 Å². The van der Waals surface area contributed by atoms with E-state index >= 15 is 0 Å². The number of ether oxygens (including phenoxy) is 1.